The molecule has 1 atom stereocenters. The van der Waals surface area contributed by atoms with E-state index in [1.54, 1.807) is 21.3 Å². The van der Waals surface area contributed by atoms with Crippen molar-refractivity contribution in [2.75, 3.05) is 54.7 Å². The van der Waals surface area contributed by atoms with Crippen LogP contribution in [0.5, 0.6) is 11.5 Å². The molecule has 2 amide bonds. The van der Waals surface area contributed by atoms with E-state index in [2.05, 4.69) is 5.10 Å². The molecule has 0 aromatic heterocycles. The van der Waals surface area contributed by atoms with E-state index < -0.39 is 0 Å². The summed E-state index contributed by atoms with van der Waals surface area (Å²) in [5.41, 5.74) is 2.50. The number of carbonyl (C=O) groups is 2. The van der Waals surface area contributed by atoms with Gasteiger partial charge >= 0.3 is 0 Å². The molecule has 0 unspecified atom stereocenters. The third kappa shape index (κ3) is 5.92. The maximum Gasteiger partial charge on any atom is 0.262 e. The lowest BCUT2D eigenvalue weighted by atomic mass is 9.97. The van der Waals surface area contributed by atoms with Gasteiger partial charge in [-0.3, -0.25) is 9.59 Å². The van der Waals surface area contributed by atoms with E-state index in [0.717, 1.165) is 22.6 Å². The molecule has 0 saturated carbocycles. The van der Waals surface area contributed by atoms with Gasteiger partial charge in [0.15, 0.2) is 0 Å². The van der Waals surface area contributed by atoms with E-state index in [-0.39, 0.29) is 37.6 Å². The Balaban J connectivity index is 1.92. The Bertz CT molecular complexity index is 1010. The number of ether oxygens (including phenoxy) is 4. The van der Waals surface area contributed by atoms with E-state index in [4.69, 9.17) is 18.9 Å². The molecule has 2 aromatic carbocycles. The summed E-state index contributed by atoms with van der Waals surface area (Å²) in [4.78, 5) is 27.4. The predicted molar refractivity (Wildman–Crippen MR) is 127 cm³/mol. The predicted octanol–water partition coefficient (Wildman–Crippen LogP) is 2.50. The number of hydrogen-bond donors (Lipinski definition) is 0. The van der Waals surface area contributed by atoms with E-state index >= 15 is 0 Å². The second kappa shape index (κ2) is 12.2. The van der Waals surface area contributed by atoms with Gasteiger partial charge in [0.2, 0.25) is 5.91 Å². The molecule has 0 spiro atoms. The highest BCUT2D eigenvalue weighted by Crippen LogP contribution is 2.37. The zero-order chi connectivity index (χ0) is 24.5. The fraction of sp³-hybridized carbons (Fsp3) is 0.400. The molecule has 34 heavy (non-hydrogen) atoms. The average molecular weight is 470 g/mol. The molecule has 3 rings (SSSR count). The summed E-state index contributed by atoms with van der Waals surface area (Å²) in [5.74, 6) is 0.811. The minimum atomic E-state index is -0.373. The molecule has 182 valence electrons. The first-order chi connectivity index (χ1) is 16.5. The molecule has 1 aliphatic rings. The van der Waals surface area contributed by atoms with Crippen LogP contribution in [0.2, 0.25) is 0 Å². The SMILES string of the molecule is COCCN(CC(=O)N1N=C(c2ccc(OC)cc2)C[C@H]1c1ccccc1OC)C(=O)COC. The van der Waals surface area contributed by atoms with Crippen LogP contribution in [-0.4, -0.2) is 82.2 Å². The van der Waals surface area contributed by atoms with Crippen molar-refractivity contribution in [2.24, 2.45) is 5.10 Å². The van der Waals surface area contributed by atoms with Crippen molar-refractivity contribution in [3.63, 3.8) is 0 Å². The van der Waals surface area contributed by atoms with Gasteiger partial charge in [-0.25, -0.2) is 5.01 Å². The molecule has 0 N–H and O–H groups in total. The summed E-state index contributed by atoms with van der Waals surface area (Å²) in [7, 11) is 6.20. The minimum Gasteiger partial charge on any atom is -0.497 e. The Kier molecular flexibility index (Phi) is 9.00. The summed E-state index contributed by atoms with van der Waals surface area (Å²) >= 11 is 0. The summed E-state index contributed by atoms with van der Waals surface area (Å²) in [6.07, 6.45) is 0.503. The van der Waals surface area contributed by atoms with Gasteiger partial charge in [-0.2, -0.15) is 5.10 Å². The van der Waals surface area contributed by atoms with E-state index in [1.807, 2.05) is 48.5 Å². The topological polar surface area (TPSA) is 89.9 Å². The van der Waals surface area contributed by atoms with E-state index in [9.17, 15) is 9.59 Å². The zero-order valence-corrected chi connectivity index (χ0v) is 20.0. The Labute approximate surface area is 199 Å². The van der Waals surface area contributed by atoms with Crippen LogP contribution in [-0.2, 0) is 19.1 Å². The first-order valence-corrected chi connectivity index (χ1v) is 10.9. The van der Waals surface area contributed by atoms with Gasteiger partial charge in [0, 0.05) is 32.7 Å². The molecule has 0 fully saturated rings. The molecule has 1 aliphatic heterocycles. The van der Waals surface area contributed by atoms with Gasteiger partial charge in [-0.05, 0) is 35.9 Å². The Morgan fingerprint density at radius 2 is 1.74 bits per heavy atom. The number of benzene rings is 2. The maximum atomic E-state index is 13.5. The second-order valence-corrected chi connectivity index (χ2v) is 7.72. The number of amides is 2. The quantitative estimate of drug-likeness (QED) is 0.502. The van der Waals surface area contributed by atoms with Crippen molar-refractivity contribution in [1.82, 2.24) is 9.91 Å². The van der Waals surface area contributed by atoms with Crippen molar-refractivity contribution >= 4 is 17.5 Å². The van der Waals surface area contributed by atoms with Crippen molar-refractivity contribution < 1.29 is 28.5 Å². The van der Waals surface area contributed by atoms with Crippen LogP contribution in [0.3, 0.4) is 0 Å². The standard InChI is InChI=1S/C25H31N3O6/c1-31-14-13-27(25(30)17-32-2)16-24(29)28-22(20-7-5-6-8-23(20)34-4)15-21(26-28)18-9-11-19(33-3)12-10-18/h5-12,22H,13-17H2,1-4H3/t22-/m0/s1. The van der Waals surface area contributed by atoms with Crippen molar-refractivity contribution in [1.29, 1.82) is 0 Å². The lowest BCUT2D eigenvalue weighted by Gasteiger charge is -2.27. The molecule has 0 bridgehead atoms. The Morgan fingerprint density at radius 1 is 1.00 bits per heavy atom. The number of para-hydroxylation sites is 1. The molecule has 9 heteroatoms. The van der Waals surface area contributed by atoms with Crippen molar-refractivity contribution in [3.05, 3.63) is 59.7 Å². The first kappa shape index (κ1) is 25.2. The number of nitrogens with zero attached hydrogens (tertiary/aromatic N) is 3. The van der Waals surface area contributed by atoms with Crippen molar-refractivity contribution in [2.45, 2.75) is 12.5 Å². The van der Waals surface area contributed by atoms with E-state index in [0.29, 0.717) is 18.8 Å². The monoisotopic (exact) mass is 469 g/mol. The highest BCUT2D eigenvalue weighted by molar-refractivity contribution is 6.03. The summed E-state index contributed by atoms with van der Waals surface area (Å²) in [6, 6.07) is 14.7. The van der Waals surface area contributed by atoms with Gasteiger partial charge < -0.3 is 23.8 Å². The number of carbonyl (C=O) groups excluding carboxylic acids is 2. The fourth-order valence-corrected chi connectivity index (χ4v) is 3.83. The fourth-order valence-electron chi connectivity index (χ4n) is 3.83. The van der Waals surface area contributed by atoms with Crippen LogP contribution >= 0.6 is 0 Å². The van der Waals surface area contributed by atoms with Gasteiger partial charge in [0.05, 0.1) is 32.6 Å². The van der Waals surface area contributed by atoms with Gasteiger partial charge in [-0.1, -0.05) is 18.2 Å². The molecule has 9 nitrogen and oxygen atoms in total. The molecular weight excluding hydrogens is 438 g/mol. The molecule has 0 radical (unpaired) electrons. The summed E-state index contributed by atoms with van der Waals surface area (Å²) in [6.45, 7) is 0.315. The number of rotatable bonds is 11. The van der Waals surface area contributed by atoms with Crippen LogP contribution in [0.25, 0.3) is 0 Å². The Hall–Kier alpha value is -3.43. The van der Waals surface area contributed by atoms with Gasteiger partial charge in [0.1, 0.15) is 24.7 Å². The van der Waals surface area contributed by atoms with Crippen LogP contribution in [0.1, 0.15) is 23.6 Å². The normalized spacial score (nSPS) is 15.1. The molecule has 2 aromatic rings. The summed E-state index contributed by atoms with van der Waals surface area (Å²) < 4.78 is 20.9. The second-order valence-electron chi connectivity index (χ2n) is 7.72. The number of methoxy groups -OCH3 is 4. The maximum absolute atomic E-state index is 13.5. The molecular formula is C25H31N3O6. The smallest absolute Gasteiger partial charge is 0.262 e. The van der Waals surface area contributed by atoms with Gasteiger partial charge in [0.25, 0.3) is 5.91 Å². The lowest BCUT2D eigenvalue weighted by molar-refractivity contribution is -0.144. The molecule has 0 saturated heterocycles. The first-order valence-electron chi connectivity index (χ1n) is 10.9. The Morgan fingerprint density at radius 3 is 2.38 bits per heavy atom. The number of hydrogen-bond acceptors (Lipinski definition) is 7. The average Bonchev–Trinajstić information content (AvgIpc) is 3.32. The number of hydrazone groups is 1. The van der Waals surface area contributed by atoms with Crippen LogP contribution in [0.15, 0.2) is 53.6 Å². The van der Waals surface area contributed by atoms with Gasteiger partial charge in [-0.15, -0.1) is 0 Å². The highest BCUT2D eigenvalue weighted by Gasteiger charge is 2.35. The van der Waals surface area contributed by atoms with Crippen LogP contribution in [0.4, 0.5) is 0 Å². The molecule has 0 aliphatic carbocycles. The lowest BCUT2D eigenvalue weighted by Crippen LogP contribution is -2.44. The largest absolute Gasteiger partial charge is 0.497 e. The minimum absolute atomic E-state index is 0.118. The van der Waals surface area contributed by atoms with E-state index in [1.165, 1.54) is 17.0 Å². The third-order valence-corrected chi connectivity index (χ3v) is 5.60. The molecule has 1 heterocycles. The zero-order valence-electron chi connectivity index (χ0n) is 20.0. The van der Waals surface area contributed by atoms with Crippen molar-refractivity contribution in [3.8, 4) is 11.5 Å². The summed E-state index contributed by atoms with van der Waals surface area (Å²) in [5, 5.41) is 6.14. The van der Waals surface area contributed by atoms with Crippen LogP contribution < -0.4 is 9.47 Å². The third-order valence-electron chi connectivity index (χ3n) is 5.60. The van der Waals surface area contributed by atoms with Crippen LogP contribution in [0, 0.1) is 0 Å². The highest BCUT2D eigenvalue weighted by atomic mass is 16.5.